The van der Waals surface area contributed by atoms with Crippen LogP contribution in [-0.4, -0.2) is 11.9 Å². The van der Waals surface area contributed by atoms with Crippen LogP contribution in [0.15, 0.2) is 24.3 Å². The van der Waals surface area contributed by atoms with Crippen molar-refractivity contribution in [3.63, 3.8) is 0 Å². The monoisotopic (exact) mass is 239 g/mol. The van der Waals surface area contributed by atoms with Crippen molar-refractivity contribution < 1.29 is 4.79 Å². The van der Waals surface area contributed by atoms with Crippen LogP contribution < -0.4 is 5.32 Å². The number of rotatable bonds is 4. The molecule has 88 valence electrons. The zero-order valence-corrected chi connectivity index (χ0v) is 10.7. The SMILES string of the molecule is CC(C)C(C)NC(=O)Cc1ccccc1Cl. The Labute approximate surface area is 102 Å². The molecule has 1 aromatic carbocycles. The van der Waals surface area contributed by atoms with E-state index in [1.54, 1.807) is 6.07 Å². The lowest BCUT2D eigenvalue weighted by molar-refractivity contribution is -0.121. The van der Waals surface area contributed by atoms with Crippen molar-refractivity contribution in [2.75, 3.05) is 0 Å². The summed E-state index contributed by atoms with van der Waals surface area (Å²) in [5, 5.41) is 3.61. The maximum atomic E-state index is 11.7. The third-order valence-corrected chi connectivity index (χ3v) is 3.07. The first-order valence-corrected chi connectivity index (χ1v) is 5.91. The van der Waals surface area contributed by atoms with E-state index < -0.39 is 0 Å². The minimum absolute atomic E-state index is 0.0225. The first kappa shape index (κ1) is 13.0. The lowest BCUT2D eigenvalue weighted by Gasteiger charge is -2.17. The van der Waals surface area contributed by atoms with Crippen LogP contribution in [-0.2, 0) is 11.2 Å². The fraction of sp³-hybridized carbons (Fsp3) is 0.462. The Morgan fingerprint density at radius 2 is 1.94 bits per heavy atom. The van der Waals surface area contributed by atoms with Crippen molar-refractivity contribution in [1.29, 1.82) is 0 Å². The number of hydrogen-bond acceptors (Lipinski definition) is 1. The van der Waals surface area contributed by atoms with E-state index in [-0.39, 0.29) is 11.9 Å². The highest BCUT2D eigenvalue weighted by Gasteiger charge is 2.12. The van der Waals surface area contributed by atoms with E-state index in [9.17, 15) is 4.79 Å². The lowest BCUT2D eigenvalue weighted by atomic mass is 10.1. The Balaban J connectivity index is 2.55. The van der Waals surface area contributed by atoms with Gasteiger partial charge < -0.3 is 5.32 Å². The normalized spacial score (nSPS) is 12.6. The van der Waals surface area contributed by atoms with E-state index in [0.717, 1.165) is 5.56 Å². The molecule has 0 spiro atoms. The second kappa shape index (κ2) is 5.90. The first-order chi connectivity index (χ1) is 7.50. The van der Waals surface area contributed by atoms with Gasteiger partial charge in [0, 0.05) is 11.1 Å². The summed E-state index contributed by atoms with van der Waals surface area (Å²) in [5.41, 5.74) is 0.873. The van der Waals surface area contributed by atoms with Crippen molar-refractivity contribution >= 4 is 17.5 Å². The van der Waals surface area contributed by atoms with Crippen LogP contribution in [0.3, 0.4) is 0 Å². The molecule has 1 N–H and O–H groups in total. The molecule has 0 radical (unpaired) electrons. The quantitative estimate of drug-likeness (QED) is 0.860. The molecule has 0 saturated carbocycles. The van der Waals surface area contributed by atoms with Crippen molar-refractivity contribution in [2.45, 2.75) is 33.2 Å². The van der Waals surface area contributed by atoms with Gasteiger partial charge in [-0.2, -0.15) is 0 Å². The van der Waals surface area contributed by atoms with Crippen molar-refractivity contribution in [2.24, 2.45) is 5.92 Å². The number of nitrogens with one attached hydrogen (secondary N) is 1. The third kappa shape index (κ3) is 3.86. The molecule has 1 unspecified atom stereocenters. The van der Waals surface area contributed by atoms with Gasteiger partial charge in [0.2, 0.25) is 5.91 Å². The zero-order valence-electron chi connectivity index (χ0n) is 9.96. The van der Waals surface area contributed by atoms with Crippen LogP contribution >= 0.6 is 11.6 Å². The number of carbonyl (C=O) groups excluding carboxylic acids is 1. The van der Waals surface area contributed by atoms with Crippen LogP contribution in [0.4, 0.5) is 0 Å². The second-order valence-corrected chi connectivity index (χ2v) is 4.78. The molecule has 0 aliphatic heterocycles. The highest BCUT2D eigenvalue weighted by atomic mass is 35.5. The smallest absolute Gasteiger partial charge is 0.224 e. The van der Waals surface area contributed by atoms with Gasteiger partial charge in [-0.25, -0.2) is 0 Å². The Morgan fingerprint density at radius 1 is 1.31 bits per heavy atom. The van der Waals surface area contributed by atoms with Gasteiger partial charge in [-0.1, -0.05) is 43.6 Å². The average molecular weight is 240 g/mol. The van der Waals surface area contributed by atoms with Crippen LogP contribution in [0.5, 0.6) is 0 Å². The molecule has 0 aliphatic rings. The summed E-state index contributed by atoms with van der Waals surface area (Å²) in [5.74, 6) is 0.462. The largest absolute Gasteiger partial charge is 0.353 e. The van der Waals surface area contributed by atoms with Gasteiger partial charge in [0.1, 0.15) is 0 Å². The second-order valence-electron chi connectivity index (χ2n) is 4.37. The maximum Gasteiger partial charge on any atom is 0.224 e. The predicted octanol–water partition coefficient (Wildman–Crippen LogP) is 3.04. The van der Waals surface area contributed by atoms with Crippen LogP contribution in [0, 0.1) is 5.92 Å². The molecule has 0 saturated heterocycles. The van der Waals surface area contributed by atoms with Gasteiger partial charge in [-0.15, -0.1) is 0 Å². The summed E-state index contributed by atoms with van der Waals surface area (Å²) in [6.07, 6.45) is 0.344. The number of benzene rings is 1. The van der Waals surface area contributed by atoms with Crippen molar-refractivity contribution in [3.8, 4) is 0 Å². The minimum Gasteiger partial charge on any atom is -0.353 e. The van der Waals surface area contributed by atoms with E-state index in [2.05, 4.69) is 19.2 Å². The molecule has 16 heavy (non-hydrogen) atoms. The Kier molecular flexibility index (Phi) is 4.81. The molecule has 2 nitrogen and oxygen atoms in total. The molecular weight excluding hydrogens is 222 g/mol. The number of carbonyl (C=O) groups is 1. The van der Waals surface area contributed by atoms with Gasteiger partial charge in [0.05, 0.1) is 6.42 Å². The molecule has 1 aromatic rings. The van der Waals surface area contributed by atoms with Crippen LogP contribution in [0.2, 0.25) is 5.02 Å². The fourth-order valence-corrected chi connectivity index (χ4v) is 1.49. The molecule has 0 bridgehead atoms. The predicted molar refractivity (Wildman–Crippen MR) is 67.6 cm³/mol. The van der Waals surface area contributed by atoms with E-state index in [1.807, 2.05) is 25.1 Å². The lowest BCUT2D eigenvalue weighted by Crippen LogP contribution is -2.37. The molecule has 0 aromatic heterocycles. The Hall–Kier alpha value is -1.02. The highest BCUT2D eigenvalue weighted by Crippen LogP contribution is 2.15. The third-order valence-electron chi connectivity index (χ3n) is 2.70. The summed E-state index contributed by atoms with van der Waals surface area (Å²) in [6, 6.07) is 7.62. The topological polar surface area (TPSA) is 29.1 Å². The van der Waals surface area contributed by atoms with E-state index in [1.165, 1.54) is 0 Å². The zero-order chi connectivity index (χ0) is 12.1. The van der Waals surface area contributed by atoms with E-state index in [0.29, 0.717) is 17.4 Å². The summed E-state index contributed by atoms with van der Waals surface area (Å²) >= 11 is 5.99. The summed E-state index contributed by atoms with van der Waals surface area (Å²) in [4.78, 5) is 11.7. The van der Waals surface area contributed by atoms with Gasteiger partial charge in [-0.05, 0) is 24.5 Å². The van der Waals surface area contributed by atoms with Gasteiger partial charge in [0.25, 0.3) is 0 Å². The molecule has 0 heterocycles. The number of amides is 1. The standard InChI is InChI=1S/C13H18ClNO/c1-9(2)10(3)15-13(16)8-11-6-4-5-7-12(11)14/h4-7,9-10H,8H2,1-3H3,(H,15,16). The first-order valence-electron chi connectivity index (χ1n) is 5.53. The average Bonchev–Trinajstić information content (AvgIpc) is 2.21. The fourth-order valence-electron chi connectivity index (χ4n) is 1.29. The van der Waals surface area contributed by atoms with E-state index >= 15 is 0 Å². The maximum absolute atomic E-state index is 11.7. The van der Waals surface area contributed by atoms with Gasteiger partial charge in [0.15, 0.2) is 0 Å². The van der Waals surface area contributed by atoms with Crippen LogP contribution in [0.1, 0.15) is 26.3 Å². The van der Waals surface area contributed by atoms with Gasteiger partial charge in [-0.3, -0.25) is 4.79 Å². The molecule has 1 amide bonds. The Bertz CT molecular complexity index is 363. The van der Waals surface area contributed by atoms with Crippen molar-refractivity contribution in [1.82, 2.24) is 5.32 Å². The Morgan fingerprint density at radius 3 is 2.50 bits per heavy atom. The molecule has 0 aliphatic carbocycles. The molecule has 1 rings (SSSR count). The van der Waals surface area contributed by atoms with Crippen molar-refractivity contribution in [3.05, 3.63) is 34.9 Å². The number of hydrogen-bond donors (Lipinski definition) is 1. The minimum atomic E-state index is 0.0225. The molecular formula is C13H18ClNO. The highest BCUT2D eigenvalue weighted by molar-refractivity contribution is 6.31. The van der Waals surface area contributed by atoms with Crippen LogP contribution in [0.25, 0.3) is 0 Å². The summed E-state index contributed by atoms with van der Waals surface area (Å²) < 4.78 is 0. The van der Waals surface area contributed by atoms with Gasteiger partial charge >= 0.3 is 0 Å². The molecule has 1 atom stereocenters. The molecule has 3 heteroatoms. The summed E-state index contributed by atoms with van der Waals surface area (Å²) in [6.45, 7) is 6.18. The number of halogens is 1. The summed E-state index contributed by atoms with van der Waals surface area (Å²) in [7, 11) is 0. The molecule has 0 fully saturated rings. The van der Waals surface area contributed by atoms with E-state index in [4.69, 9.17) is 11.6 Å².